The molecule has 2 aromatic heterocycles. The van der Waals surface area contributed by atoms with Crippen LogP contribution in [0.4, 0.5) is 10.1 Å². The molecule has 1 atom stereocenters. The van der Waals surface area contributed by atoms with Crippen molar-refractivity contribution in [1.29, 1.82) is 0 Å². The van der Waals surface area contributed by atoms with Crippen molar-refractivity contribution in [2.24, 2.45) is 5.92 Å². The van der Waals surface area contributed by atoms with Crippen molar-refractivity contribution < 1.29 is 9.13 Å². The average Bonchev–Trinajstić information content (AvgIpc) is 3.55. The number of fused-ring (bicyclic) bond motifs is 1. The first-order chi connectivity index (χ1) is 17.5. The standard InChI is InChI=1S/C23H20FN3O2S.C6H14/c1-15-6-9-26(14-15)21-5-2-17(13-20(21)24)27-10-7-16-12-18(3-4-19(16)22(27)28)29-23-25-8-11-30-23;1-3-5-6-4-2/h2-5,7-8,10-13,15H,6,9,14H2,1H3;3-6H2,1-2H3. The van der Waals surface area contributed by atoms with E-state index in [-0.39, 0.29) is 11.4 Å². The summed E-state index contributed by atoms with van der Waals surface area (Å²) >= 11 is 1.40. The van der Waals surface area contributed by atoms with E-state index in [1.807, 2.05) is 11.4 Å². The molecule has 0 radical (unpaired) electrons. The van der Waals surface area contributed by atoms with E-state index < -0.39 is 0 Å². The molecule has 0 spiro atoms. The summed E-state index contributed by atoms with van der Waals surface area (Å²) in [5.74, 6) is 0.877. The van der Waals surface area contributed by atoms with Gasteiger partial charge in [-0.25, -0.2) is 9.37 Å². The maximum atomic E-state index is 14.8. The summed E-state index contributed by atoms with van der Waals surface area (Å²) in [5, 5.41) is 3.69. The van der Waals surface area contributed by atoms with Crippen LogP contribution >= 0.6 is 11.3 Å². The Balaban J connectivity index is 0.000000455. The fourth-order valence-corrected chi connectivity index (χ4v) is 4.91. The first-order valence-electron chi connectivity index (χ1n) is 12.8. The van der Waals surface area contributed by atoms with Crippen LogP contribution in [-0.4, -0.2) is 22.6 Å². The van der Waals surface area contributed by atoms with Crippen LogP contribution < -0.4 is 15.2 Å². The molecule has 1 aliphatic heterocycles. The highest BCUT2D eigenvalue weighted by atomic mass is 32.1. The molecule has 2 aromatic carbocycles. The van der Waals surface area contributed by atoms with Crippen molar-refractivity contribution in [1.82, 2.24) is 9.55 Å². The third kappa shape index (κ3) is 6.13. The number of thiazole rings is 1. The van der Waals surface area contributed by atoms with Gasteiger partial charge in [-0.05, 0) is 54.1 Å². The van der Waals surface area contributed by atoms with Gasteiger partial charge in [0, 0.05) is 42.3 Å². The lowest BCUT2D eigenvalue weighted by Gasteiger charge is -2.19. The van der Waals surface area contributed by atoms with Crippen LogP contribution in [-0.2, 0) is 0 Å². The minimum atomic E-state index is -0.305. The van der Waals surface area contributed by atoms with Crippen molar-refractivity contribution in [3.05, 3.63) is 76.4 Å². The van der Waals surface area contributed by atoms with E-state index >= 15 is 0 Å². The highest BCUT2D eigenvalue weighted by Crippen LogP contribution is 2.29. The van der Waals surface area contributed by atoms with Crippen molar-refractivity contribution in [2.75, 3.05) is 18.0 Å². The summed E-state index contributed by atoms with van der Waals surface area (Å²) in [6.45, 7) is 8.36. The van der Waals surface area contributed by atoms with Gasteiger partial charge in [0.05, 0.1) is 11.4 Å². The molecule has 36 heavy (non-hydrogen) atoms. The summed E-state index contributed by atoms with van der Waals surface area (Å²) < 4.78 is 22.0. The Morgan fingerprint density at radius 3 is 2.56 bits per heavy atom. The Bertz CT molecular complexity index is 1330. The van der Waals surface area contributed by atoms with E-state index in [1.54, 1.807) is 42.7 Å². The Morgan fingerprint density at radius 2 is 1.92 bits per heavy atom. The molecular weight excluding hydrogens is 473 g/mol. The lowest BCUT2D eigenvalue weighted by atomic mass is 10.1. The minimum Gasteiger partial charge on any atom is -0.431 e. The third-order valence-electron chi connectivity index (χ3n) is 6.42. The molecule has 0 bridgehead atoms. The van der Waals surface area contributed by atoms with E-state index in [1.165, 1.54) is 47.7 Å². The smallest absolute Gasteiger partial charge is 0.278 e. The summed E-state index contributed by atoms with van der Waals surface area (Å²) in [7, 11) is 0. The first kappa shape index (κ1) is 25.9. The van der Waals surface area contributed by atoms with E-state index in [0.717, 1.165) is 24.9 Å². The molecule has 190 valence electrons. The Labute approximate surface area is 216 Å². The molecule has 3 heterocycles. The number of benzene rings is 2. The predicted octanol–water partition coefficient (Wildman–Crippen LogP) is 7.81. The number of aromatic nitrogens is 2. The van der Waals surface area contributed by atoms with Crippen LogP contribution in [0.25, 0.3) is 16.5 Å². The molecule has 1 aliphatic rings. The number of anilines is 1. The Morgan fingerprint density at radius 1 is 1.11 bits per heavy atom. The van der Waals surface area contributed by atoms with Crippen molar-refractivity contribution in [3.63, 3.8) is 0 Å². The molecule has 7 heteroatoms. The van der Waals surface area contributed by atoms with E-state index in [9.17, 15) is 9.18 Å². The highest BCUT2D eigenvalue weighted by molar-refractivity contribution is 7.11. The van der Waals surface area contributed by atoms with Crippen LogP contribution in [0.5, 0.6) is 10.9 Å². The molecule has 1 unspecified atom stereocenters. The molecule has 0 amide bonds. The molecule has 5 nitrogen and oxygen atoms in total. The van der Waals surface area contributed by atoms with Gasteiger partial charge >= 0.3 is 0 Å². The van der Waals surface area contributed by atoms with Gasteiger partial charge in [0.15, 0.2) is 0 Å². The van der Waals surface area contributed by atoms with Crippen LogP contribution in [0.1, 0.15) is 52.9 Å². The number of pyridine rings is 1. The SMILES string of the molecule is CC1CCN(c2ccc(-n3ccc4cc(Oc5nccs5)ccc4c3=O)cc2F)C1.CCCCCC. The van der Waals surface area contributed by atoms with Crippen molar-refractivity contribution in [2.45, 2.75) is 52.9 Å². The number of rotatable bonds is 7. The van der Waals surface area contributed by atoms with Gasteiger partial charge in [0.2, 0.25) is 0 Å². The van der Waals surface area contributed by atoms with Crippen molar-refractivity contribution >= 4 is 27.8 Å². The maximum Gasteiger partial charge on any atom is 0.278 e. The monoisotopic (exact) mass is 507 g/mol. The lowest BCUT2D eigenvalue weighted by Crippen LogP contribution is -2.21. The fraction of sp³-hybridized carbons (Fsp3) is 0.379. The number of nitrogens with zero attached hydrogens (tertiary/aromatic N) is 3. The van der Waals surface area contributed by atoms with Gasteiger partial charge in [-0.3, -0.25) is 9.36 Å². The molecule has 0 N–H and O–H groups in total. The zero-order valence-electron chi connectivity index (χ0n) is 21.2. The zero-order chi connectivity index (χ0) is 25.5. The second-order valence-electron chi connectivity index (χ2n) is 9.32. The summed E-state index contributed by atoms with van der Waals surface area (Å²) in [6.07, 6.45) is 9.95. The van der Waals surface area contributed by atoms with Crippen LogP contribution in [0, 0.1) is 11.7 Å². The first-order valence-corrected chi connectivity index (χ1v) is 13.7. The molecule has 1 saturated heterocycles. The fourth-order valence-electron chi connectivity index (χ4n) is 4.41. The Hall–Kier alpha value is -3.19. The van der Waals surface area contributed by atoms with Crippen LogP contribution in [0.2, 0.25) is 0 Å². The van der Waals surface area contributed by atoms with Crippen LogP contribution in [0.15, 0.2) is 65.0 Å². The maximum absolute atomic E-state index is 14.8. The second kappa shape index (κ2) is 12.2. The van der Waals surface area contributed by atoms with Gasteiger partial charge in [-0.2, -0.15) is 0 Å². The molecular formula is C29H34FN3O2S. The van der Waals surface area contributed by atoms with Gasteiger partial charge in [-0.1, -0.05) is 57.8 Å². The number of hydrogen-bond acceptors (Lipinski definition) is 5. The number of halogens is 1. The molecule has 5 rings (SSSR count). The molecule has 1 fully saturated rings. The van der Waals surface area contributed by atoms with E-state index in [0.29, 0.717) is 33.6 Å². The van der Waals surface area contributed by atoms with Crippen LogP contribution in [0.3, 0.4) is 0 Å². The van der Waals surface area contributed by atoms with Gasteiger partial charge in [0.25, 0.3) is 10.8 Å². The quantitative estimate of drug-likeness (QED) is 0.239. The summed E-state index contributed by atoms with van der Waals surface area (Å²) in [4.78, 5) is 19.2. The lowest BCUT2D eigenvalue weighted by molar-refractivity contribution is 0.479. The largest absolute Gasteiger partial charge is 0.431 e. The number of hydrogen-bond donors (Lipinski definition) is 0. The van der Waals surface area contributed by atoms with E-state index in [4.69, 9.17) is 4.74 Å². The molecule has 0 saturated carbocycles. The predicted molar refractivity (Wildman–Crippen MR) is 148 cm³/mol. The number of unbranched alkanes of at least 4 members (excludes halogenated alkanes) is 3. The molecule has 0 aliphatic carbocycles. The minimum absolute atomic E-state index is 0.199. The molecule has 4 aromatic rings. The number of ether oxygens (including phenoxy) is 1. The normalized spacial score (nSPS) is 15.1. The third-order valence-corrected chi connectivity index (χ3v) is 7.07. The zero-order valence-corrected chi connectivity index (χ0v) is 22.1. The van der Waals surface area contributed by atoms with E-state index in [2.05, 4.69) is 30.7 Å². The topological polar surface area (TPSA) is 47.4 Å². The van der Waals surface area contributed by atoms with Crippen molar-refractivity contribution in [3.8, 4) is 16.6 Å². The van der Waals surface area contributed by atoms with Gasteiger partial charge in [-0.15, -0.1) is 0 Å². The second-order valence-corrected chi connectivity index (χ2v) is 10.2. The summed E-state index contributed by atoms with van der Waals surface area (Å²) in [5.41, 5.74) is 0.912. The van der Waals surface area contributed by atoms with Gasteiger partial charge in [0.1, 0.15) is 11.6 Å². The van der Waals surface area contributed by atoms with Gasteiger partial charge < -0.3 is 9.64 Å². The average molecular weight is 508 g/mol. The Kier molecular flexibility index (Phi) is 8.75. The summed E-state index contributed by atoms with van der Waals surface area (Å²) in [6, 6.07) is 12.1. The highest BCUT2D eigenvalue weighted by Gasteiger charge is 2.21.